The van der Waals surface area contributed by atoms with Crippen molar-refractivity contribution in [2.75, 3.05) is 40.1 Å². The van der Waals surface area contributed by atoms with Crippen LogP contribution in [0.4, 0.5) is 0 Å². The second-order valence-corrected chi connectivity index (χ2v) is 6.43. The van der Waals surface area contributed by atoms with Crippen molar-refractivity contribution in [3.05, 3.63) is 18.2 Å². The Hall–Kier alpha value is -1.11. The summed E-state index contributed by atoms with van der Waals surface area (Å²) in [5, 5.41) is 3.29. The highest BCUT2D eigenvalue weighted by molar-refractivity contribution is 7.99. The SMILES string of the molecule is COc1ccc(SCCC(=O)N(C)C2CCNC2)cc1OC.Cl. The lowest BCUT2D eigenvalue weighted by molar-refractivity contribution is -0.131. The Morgan fingerprint density at radius 1 is 1.35 bits per heavy atom. The molecule has 1 atom stereocenters. The average Bonchev–Trinajstić information content (AvgIpc) is 3.08. The van der Waals surface area contributed by atoms with Gasteiger partial charge in [0.25, 0.3) is 0 Å². The molecule has 1 saturated heterocycles. The van der Waals surface area contributed by atoms with Crippen molar-refractivity contribution in [3.63, 3.8) is 0 Å². The first-order valence-electron chi connectivity index (χ1n) is 7.47. The van der Waals surface area contributed by atoms with Gasteiger partial charge in [0.2, 0.25) is 5.91 Å². The van der Waals surface area contributed by atoms with E-state index in [-0.39, 0.29) is 18.3 Å². The van der Waals surface area contributed by atoms with Crippen molar-refractivity contribution in [2.45, 2.75) is 23.8 Å². The van der Waals surface area contributed by atoms with E-state index in [2.05, 4.69) is 5.32 Å². The maximum absolute atomic E-state index is 12.2. The van der Waals surface area contributed by atoms with Crippen molar-refractivity contribution in [1.82, 2.24) is 10.2 Å². The molecule has 1 amide bonds. The quantitative estimate of drug-likeness (QED) is 0.757. The van der Waals surface area contributed by atoms with Crippen LogP contribution < -0.4 is 14.8 Å². The molecule has 1 fully saturated rings. The third-order valence-corrected chi connectivity index (χ3v) is 4.91. The summed E-state index contributed by atoms with van der Waals surface area (Å²) in [7, 11) is 5.15. The number of nitrogens with one attached hydrogen (secondary N) is 1. The zero-order valence-electron chi connectivity index (χ0n) is 13.8. The van der Waals surface area contributed by atoms with Crippen molar-refractivity contribution in [3.8, 4) is 11.5 Å². The monoisotopic (exact) mass is 360 g/mol. The number of carbonyl (C=O) groups is 1. The molecule has 1 aromatic carbocycles. The lowest BCUT2D eigenvalue weighted by atomic mass is 10.2. The summed E-state index contributed by atoms with van der Waals surface area (Å²) in [6.07, 6.45) is 1.59. The zero-order valence-corrected chi connectivity index (χ0v) is 15.5. The third kappa shape index (κ3) is 5.48. The van der Waals surface area contributed by atoms with E-state index >= 15 is 0 Å². The van der Waals surface area contributed by atoms with Gasteiger partial charge < -0.3 is 19.7 Å². The van der Waals surface area contributed by atoms with E-state index in [1.165, 1.54) is 0 Å². The lowest BCUT2D eigenvalue weighted by Crippen LogP contribution is -2.38. The van der Waals surface area contributed by atoms with Crippen LogP contribution in [-0.4, -0.2) is 57.0 Å². The summed E-state index contributed by atoms with van der Waals surface area (Å²) >= 11 is 1.66. The van der Waals surface area contributed by atoms with E-state index in [0.29, 0.717) is 18.2 Å². The lowest BCUT2D eigenvalue weighted by Gasteiger charge is -2.23. The Bertz CT molecular complexity index is 510. The third-order valence-electron chi connectivity index (χ3n) is 3.92. The molecule has 1 N–H and O–H groups in total. The van der Waals surface area contributed by atoms with Gasteiger partial charge in [-0.3, -0.25) is 4.79 Å². The maximum atomic E-state index is 12.2. The highest BCUT2D eigenvalue weighted by atomic mass is 35.5. The molecular formula is C16H25ClN2O3S. The predicted molar refractivity (Wildman–Crippen MR) is 96.2 cm³/mol. The molecule has 1 unspecified atom stereocenters. The van der Waals surface area contributed by atoms with Gasteiger partial charge in [-0.25, -0.2) is 0 Å². The summed E-state index contributed by atoms with van der Waals surface area (Å²) in [5.74, 6) is 2.41. The number of hydrogen-bond acceptors (Lipinski definition) is 5. The zero-order chi connectivity index (χ0) is 15.9. The van der Waals surface area contributed by atoms with E-state index in [9.17, 15) is 4.79 Å². The van der Waals surface area contributed by atoms with Gasteiger partial charge in [0, 0.05) is 36.7 Å². The molecule has 0 saturated carbocycles. The van der Waals surface area contributed by atoms with Crippen LogP contribution in [0.2, 0.25) is 0 Å². The second kappa shape index (κ2) is 9.90. The standard InChI is InChI=1S/C16H24N2O3S.ClH/c1-18(12-6-8-17-11-12)16(19)7-9-22-13-4-5-14(20-2)15(10-13)21-3;/h4-5,10,12,17H,6-9,11H2,1-3H3;1H. The number of thioether (sulfide) groups is 1. The van der Waals surface area contributed by atoms with Crippen molar-refractivity contribution in [2.24, 2.45) is 0 Å². The van der Waals surface area contributed by atoms with Gasteiger partial charge in [-0.1, -0.05) is 0 Å². The molecule has 0 aliphatic carbocycles. The van der Waals surface area contributed by atoms with E-state index in [1.807, 2.05) is 30.1 Å². The minimum atomic E-state index is 0. The molecule has 7 heteroatoms. The molecule has 2 rings (SSSR count). The van der Waals surface area contributed by atoms with E-state index in [0.717, 1.165) is 35.9 Å². The van der Waals surface area contributed by atoms with Crippen LogP contribution in [0.3, 0.4) is 0 Å². The second-order valence-electron chi connectivity index (χ2n) is 5.27. The number of methoxy groups -OCH3 is 2. The van der Waals surface area contributed by atoms with E-state index in [1.54, 1.807) is 26.0 Å². The first-order chi connectivity index (χ1) is 10.7. The van der Waals surface area contributed by atoms with Gasteiger partial charge in [0.05, 0.1) is 14.2 Å². The van der Waals surface area contributed by atoms with Crippen LogP contribution in [0.25, 0.3) is 0 Å². The number of rotatable bonds is 7. The fourth-order valence-corrected chi connectivity index (χ4v) is 3.38. The largest absolute Gasteiger partial charge is 0.493 e. The van der Waals surface area contributed by atoms with Crippen LogP contribution >= 0.6 is 24.2 Å². The highest BCUT2D eigenvalue weighted by Gasteiger charge is 2.22. The summed E-state index contributed by atoms with van der Waals surface area (Å²) < 4.78 is 10.5. The smallest absolute Gasteiger partial charge is 0.223 e. The Morgan fingerprint density at radius 2 is 2.09 bits per heavy atom. The molecule has 1 aliphatic heterocycles. The minimum absolute atomic E-state index is 0. The molecule has 0 aromatic heterocycles. The van der Waals surface area contributed by atoms with E-state index < -0.39 is 0 Å². The number of halogens is 1. The number of carbonyl (C=O) groups excluding carboxylic acids is 1. The van der Waals surface area contributed by atoms with Crippen molar-refractivity contribution < 1.29 is 14.3 Å². The Morgan fingerprint density at radius 3 is 2.70 bits per heavy atom. The van der Waals surface area contributed by atoms with E-state index in [4.69, 9.17) is 9.47 Å². The fourth-order valence-electron chi connectivity index (χ4n) is 2.51. The van der Waals surface area contributed by atoms with Crippen LogP contribution in [0.5, 0.6) is 11.5 Å². The number of amides is 1. The topological polar surface area (TPSA) is 50.8 Å². The van der Waals surface area contributed by atoms with Gasteiger partial charge in [0.1, 0.15) is 0 Å². The molecule has 130 valence electrons. The molecule has 1 aromatic rings. The molecule has 23 heavy (non-hydrogen) atoms. The molecule has 0 radical (unpaired) electrons. The highest BCUT2D eigenvalue weighted by Crippen LogP contribution is 2.32. The molecular weight excluding hydrogens is 336 g/mol. The summed E-state index contributed by atoms with van der Waals surface area (Å²) in [6.45, 7) is 1.91. The van der Waals surface area contributed by atoms with Crippen LogP contribution in [0.1, 0.15) is 12.8 Å². The van der Waals surface area contributed by atoms with Gasteiger partial charge in [-0.05, 0) is 31.2 Å². The first kappa shape index (κ1) is 19.9. The van der Waals surface area contributed by atoms with Crippen LogP contribution in [0, 0.1) is 0 Å². The van der Waals surface area contributed by atoms with Gasteiger partial charge in [-0.15, -0.1) is 24.2 Å². The molecule has 1 heterocycles. The van der Waals surface area contributed by atoms with Gasteiger partial charge >= 0.3 is 0 Å². The number of nitrogens with zero attached hydrogens (tertiary/aromatic N) is 1. The Balaban J connectivity index is 0.00000264. The van der Waals surface area contributed by atoms with Crippen LogP contribution in [-0.2, 0) is 4.79 Å². The first-order valence-corrected chi connectivity index (χ1v) is 8.45. The van der Waals surface area contributed by atoms with Crippen molar-refractivity contribution >= 4 is 30.1 Å². The summed E-state index contributed by atoms with van der Waals surface area (Å²) in [6, 6.07) is 6.16. The summed E-state index contributed by atoms with van der Waals surface area (Å²) in [5.41, 5.74) is 0. The minimum Gasteiger partial charge on any atom is -0.493 e. The number of benzene rings is 1. The van der Waals surface area contributed by atoms with Crippen LogP contribution in [0.15, 0.2) is 23.1 Å². The average molecular weight is 361 g/mol. The van der Waals surface area contributed by atoms with Gasteiger partial charge in [0.15, 0.2) is 11.5 Å². The predicted octanol–water partition coefficient (Wildman–Crippen LogP) is 2.43. The Kier molecular flexibility index (Phi) is 8.58. The van der Waals surface area contributed by atoms with Crippen molar-refractivity contribution in [1.29, 1.82) is 0 Å². The number of ether oxygens (including phenoxy) is 2. The maximum Gasteiger partial charge on any atom is 0.223 e. The molecule has 1 aliphatic rings. The molecule has 0 spiro atoms. The number of hydrogen-bond donors (Lipinski definition) is 1. The fraction of sp³-hybridized carbons (Fsp3) is 0.562. The normalized spacial score (nSPS) is 16.6. The molecule has 0 bridgehead atoms. The molecule has 5 nitrogen and oxygen atoms in total. The number of likely N-dealkylation sites (N-methyl/N-ethyl adjacent to an activating group) is 1. The Labute approximate surface area is 148 Å². The van der Waals surface area contributed by atoms with Gasteiger partial charge in [-0.2, -0.15) is 0 Å². The summed E-state index contributed by atoms with van der Waals surface area (Å²) in [4.78, 5) is 15.1.